The number of benzene rings is 2. The zero-order valence-electron chi connectivity index (χ0n) is 14.5. The first-order valence-electron chi connectivity index (χ1n) is 8.43. The number of nitrogens with one attached hydrogen (secondary N) is 1. The van der Waals surface area contributed by atoms with Crippen LogP contribution in [0.25, 0.3) is 11.4 Å². The molecule has 0 spiro atoms. The molecular weight excluding hydrogens is 414 g/mol. The van der Waals surface area contributed by atoms with Crippen LogP contribution >= 0.6 is 0 Å². The summed E-state index contributed by atoms with van der Waals surface area (Å²) in [7, 11) is -3.74. The van der Waals surface area contributed by atoms with Crippen LogP contribution in [0.1, 0.15) is 23.8 Å². The Morgan fingerprint density at radius 2 is 1.83 bits per heavy atom. The van der Waals surface area contributed by atoms with Gasteiger partial charge in [-0.05, 0) is 36.8 Å². The van der Waals surface area contributed by atoms with E-state index in [9.17, 15) is 26.0 Å². The van der Waals surface area contributed by atoms with Crippen molar-refractivity contribution in [1.82, 2.24) is 14.9 Å². The highest BCUT2D eigenvalue weighted by molar-refractivity contribution is 7.89. The number of rotatable bonds is 5. The first-order chi connectivity index (χ1) is 13.6. The summed E-state index contributed by atoms with van der Waals surface area (Å²) in [6, 6.07) is 9.39. The molecule has 2 atom stereocenters. The third-order valence-electron chi connectivity index (χ3n) is 4.44. The first-order valence-corrected chi connectivity index (χ1v) is 9.91. The van der Waals surface area contributed by atoms with Crippen molar-refractivity contribution in [3.05, 3.63) is 65.8 Å². The predicted molar refractivity (Wildman–Crippen MR) is 92.6 cm³/mol. The van der Waals surface area contributed by atoms with Crippen molar-refractivity contribution in [2.45, 2.75) is 29.5 Å². The molecule has 0 amide bonds. The second-order valence-corrected chi connectivity index (χ2v) is 8.24. The molecule has 6 nitrogen and oxygen atoms in total. The Kier molecular flexibility index (Phi) is 4.66. The predicted octanol–water partition coefficient (Wildman–Crippen LogP) is 3.73. The minimum atomic E-state index is -4.80. The molecule has 1 aliphatic rings. The Morgan fingerprint density at radius 3 is 2.52 bits per heavy atom. The van der Waals surface area contributed by atoms with E-state index in [2.05, 4.69) is 14.9 Å². The fraction of sp³-hybridized carbons (Fsp3) is 0.222. The van der Waals surface area contributed by atoms with Crippen molar-refractivity contribution in [1.29, 1.82) is 0 Å². The van der Waals surface area contributed by atoms with Gasteiger partial charge in [-0.3, -0.25) is 0 Å². The van der Waals surface area contributed by atoms with Crippen LogP contribution < -0.4 is 4.72 Å². The van der Waals surface area contributed by atoms with Gasteiger partial charge in [0.15, 0.2) is 0 Å². The van der Waals surface area contributed by atoms with E-state index in [4.69, 9.17) is 4.52 Å². The summed E-state index contributed by atoms with van der Waals surface area (Å²) in [5.74, 6) is -1.83. The lowest BCUT2D eigenvalue weighted by molar-refractivity contribution is -0.137. The molecule has 0 unspecified atom stereocenters. The minimum Gasteiger partial charge on any atom is -0.339 e. The maximum Gasteiger partial charge on any atom is 0.417 e. The quantitative estimate of drug-likeness (QED) is 0.628. The van der Waals surface area contributed by atoms with Crippen molar-refractivity contribution >= 4 is 10.0 Å². The minimum absolute atomic E-state index is 0.0122. The molecule has 1 saturated carbocycles. The number of hydrogen-bond donors (Lipinski definition) is 1. The molecule has 1 N–H and O–H groups in total. The molecule has 0 aliphatic heterocycles. The first kappa shape index (κ1) is 19.5. The topological polar surface area (TPSA) is 85.1 Å². The van der Waals surface area contributed by atoms with E-state index in [1.54, 1.807) is 18.2 Å². The molecule has 152 valence electrons. The molecule has 1 aliphatic carbocycles. The smallest absolute Gasteiger partial charge is 0.339 e. The van der Waals surface area contributed by atoms with Gasteiger partial charge in [0.05, 0.1) is 16.4 Å². The van der Waals surface area contributed by atoms with Gasteiger partial charge < -0.3 is 4.52 Å². The molecule has 3 aromatic rings. The molecule has 0 saturated heterocycles. The number of aromatic nitrogens is 2. The number of halogens is 4. The Bertz CT molecular complexity index is 1150. The Morgan fingerprint density at radius 1 is 1.10 bits per heavy atom. The molecule has 0 bridgehead atoms. The number of alkyl halides is 3. The van der Waals surface area contributed by atoms with Crippen LogP contribution in [0, 0.1) is 5.82 Å². The molecule has 11 heteroatoms. The molecule has 0 radical (unpaired) electrons. The normalized spacial score (nSPS) is 19.3. The maximum absolute atomic E-state index is 13.3. The highest BCUT2D eigenvalue weighted by Crippen LogP contribution is 2.42. The number of nitrogens with zero attached hydrogens (tertiary/aromatic N) is 2. The van der Waals surface area contributed by atoms with Crippen LogP contribution in [0.3, 0.4) is 0 Å². The van der Waals surface area contributed by atoms with Crippen LogP contribution in [-0.4, -0.2) is 24.6 Å². The average molecular weight is 427 g/mol. The Balaban J connectivity index is 1.53. The van der Waals surface area contributed by atoms with Gasteiger partial charge in [0.25, 0.3) is 0 Å². The molecular formula is C18H13F4N3O3S. The molecule has 1 fully saturated rings. The Hall–Kier alpha value is -2.79. The van der Waals surface area contributed by atoms with Gasteiger partial charge in [-0.1, -0.05) is 23.4 Å². The van der Waals surface area contributed by atoms with E-state index >= 15 is 0 Å². The summed E-state index contributed by atoms with van der Waals surface area (Å²) in [5, 5.41) is 3.55. The summed E-state index contributed by atoms with van der Waals surface area (Å²) in [6.07, 6.45) is -4.44. The van der Waals surface area contributed by atoms with Crippen molar-refractivity contribution in [3.63, 3.8) is 0 Å². The van der Waals surface area contributed by atoms with Crippen LogP contribution in [0.2, 0.25) is 0 Å². The summed E-state index contributed by atoms with van der Waals surface area (Å²) in [4.78, 5) is 4.06. The second-order valence-electron chi connectivity index (χ2n) is 6.53. The second kappa shape index (κ2) is 6.92. The summed E-state index contributed by atoms with van der Waals surface area (Å²) in [5.41, 5.74) is -1.64. The van der Waals surface area contributed by atoms with Crippen molar-refractivity contribution < 1.29 is 30.5 Å². The van der Waals surface area contributed by atoms with Gasteiger partial charge in [-0.15, -0.1) is 0 Å². The highest BCUT2D eigenvalue weighted by Gasteiger charge is 2.45. The largest absolute Gasteiger partial charge is 0.417 e. The standard InChI is InChI=1S/C18H13F4N3O3S/c19-10-6-7-12(14(8-10)18(20,21)22)16-23-17(28-24-16)13-9-15(13)25-29(26,27)11-4-2-1-3-5-11/h1-8,13,15,25H,9H2/t13-,15-/m1/s1. The lowest BCUT2D eigenvalue weighted by atomic mass is 10.1. The van der Waals surface area contributed by atoms with E-state index in [0.717, 1.165) is 12.1 Å². The Labute approximate surface area is 162 Å². The molecule has 4 rings (SSSR count). The van der Waals surface area contributed by atoms with E-state index < -0.39 is 45.1 Å². The van der Waals surface area contributed by atoms with Gasteiger partial charge in [0.2, 0.25) is 21.7 Å². The zero-order chi connectivity index (χ0) is 20.8. The summed E-state index contributed by atoms with van der Waals surface area (Å²) in [6.45, 7) is 0. The number of sulfonamides is 1. The van der Waals surface area contributed by atoms with Gasteiger partial charge in [-0.25, -0.2) is 17.5 Å². The van der Waals surface area contributed by atoms with E-state index in [0.29, 0.717) is 12.5 Å². The third kappa shape index (κ3) is 4.01. The van der Waals surface area contributed by atoms with Crippen molar-refractivity contribution in [2.75, 3.05) is 0 Å². The lowest BCUT2D eigenvalue weighted by Crippen LogP contribution is -2.26. The van der Waals surface area contributed by atoms with E-state index in [-0.39, 0.29) is 16.6 Å². The fourth-order valence-corrected chi connectivity index (χ4v) is 4.22. The monoisotopic (exact) mass is 427 g/mol. The molecule has 1 heterocycles. The van der Waals surface area contributed by atoms with Gasteiger partial charge in [0.1, 0.15) is 5.82 Å². The van der Waals surface area contributed by atoms with Crippen LogP contribution in [0.4, 0.5) is 17.6 Å². The van der Waals surface area contributed by atoms with Gasteiger partial charge >= 0.3 is 6.18 Å². The molecule has 29 heavy (non-hydrogen) atoms. The summed E-state index contributed by atoms with van der Waals surface area (Å²) < 4.78 is 85.0. The van der Waals surface area contributed by atoms with Crippen LogP contribution in [0.15, 0.2) is 57.9 Å². The van der Waals surface area contributed by atoms with Crippen LogP contribution in [-0.2, 0) is 16.2 Å². The SMILES string of the molecule is O=S(=O)(N[C@@H]1C[C@H]1c1nc(-c2ccc(F)cc2C(F)(F)F)no1)c1ccccc1. The van der Waals surface area contributed by atoms with E-state index in [1.807, 2.05) is 0 Å². The summed E-state index contributed by atoms with van der Waals surface area (Å²) >= 11 is 0. The van der Waals surface area contributed by atoms with Crippen LogP contribution in [0.5, 0.6) is 0 Å². The molecule has 2 aromatic carbocycles. The zero-order valence-corrected chi connectivity index (χ0v) is 15.3. The average Bonchev–Trinajstić information content (AvgIpc) is 3.24. The fourth-order valence-electron chi connectivity index (χ4n) is 2.91. The maximum atomic E-state index is 13.3. The number of hydrogen-bond acceptors (Lipinski definition) is 5. The van der Waals surface area contributed by atoms with Gasteiger partial charge in [0, 0.05) is 11.6 Å². The van der Waals surface area contributed by atoms with Crippen molar-refractivity contribution in [3.8, 4) is 11.4 Å². The third-order valence-corrected chi connectivity index (χ3v) is 5.94. The highest BCUT2D eigenvalue weighted by atomic mass is 32.2. The lowest BCUT2D eigenvalue weighted by Gasteiger charge is -2.10. The van der Waals surface area contributed by atoms with Gasteiger partial charge in [-0.2, -0.15) is 18.2 Å². The van der Waals surface area contributed by atoms with E-state index in [1.165, 1.54) is 12.1 Å². The molecule has 1 aromatic heterocycles. The van der Waals surface area contributed by atoms with Crippen molar-refractivity contribution in [2.24, 2.45) is 0 Å².